The van der Waals surface area contributed by atoms with Crippen LogP contribution >= 0.6 is 0 Å². The number of nitrogens with zero attached hydrogens (tertiary/aromatic N) is 5. The van der Waals surface area contributed by atoms with Gasteiger partial charge in [-0.3, -0.25) is 9.79 Å². The molecule has 2 saturated carbocycles. The predicted molar refractivity (Wildman–Crippen MR) is 353 cm³/mol. The molecule has 1 N–H and O–H groups in total. The van der Waals surface area contributed by atoms with Crippen LogP contribution in [0.5, 0.6) is 0 Å². The standard InChI is InChI=1S/C77H95N5O4/c1-8-9-15-64(59-20-22-61(23-21-59)69-49-74-66(19-18-57(7)82(74)51-69)46-63-33-41-81(40-32-54(63)4)76(85)86-42-13-36-78)44-55(5)56(6)45-68-48-72(68)75(84)62-16-11-38-80(39-12-17-62)73-31-37-79-50-67-25-24-65(47-71(67)73)60-26-28-70(29-27-60)77(52-83)34-10-14-58(30-35-77)43-53(2)3/h16,18-29,31,37,43,47,49,51,53,56,63-64,68,72,83H,4-5,8-15,17,30,32-35,38-42,44-46,48,50,52H2,1-3,6-7H3/b58-43-,62-16-/t56?,63?,64-,68?,72?,77?/m1/s1. The number of ketones is 1. The number of ether oxygens (including phenoxy) is 1. The van der Waals surface area contributed by atoms with Crippen LogP contribution in [0.4, 0.5) is 4.79 Å². The van der Waals surface area contributed by atoms with Crippen molar-refractivity contribution in [2.75, 3.05) is 39.4 Å². The minimum absolute atomic E-state index is 0.124. The number of allylic oxidation sites excluding steroid dienone is 5. The number of aryl methyl sites for hydroxylation is 1. The molecule has 452 valence electrons. The van der Waals surface area contributed by atoms with Crippen molar-refractivity contribution in [3.63, 3.8) is 0 Å². The monoisotopic (exact) mass is 1150 g/mol. The number of aliphatic imine (C=N–C) groups is 1. The molecule has 5 unspecified atom stereocenters. The number of pyridine rings is 1. The van der Waals surface area contributed by atoms with Crippen molar-refractivity contribution in [1.82, 2.24) is 14.2 Å². The Morgan fingerprint density at radius 3 is 2.48 bits per heavy atom. The number of hydrogen-bond donors (Lipinski definition) is 1. The first-order valence-electron chi connectivity index (χ1n) is 32.8. The third-order valence-corrected chi connectivity index (χ3v) is 20.1. The molecule has 5 aliphatic rings. The van der Waals surface area contributed by atoms with Crippen molar-refractivity contribution in [2.24, 2.45) is 34.6 Å². The average Bonchev–Trinajstić information content (AvgIpc) is 2.27. The van der Waals surface area contributed by atoms with Gasteiger partial charge >= 0.3 is 6.09 Å². The van der Waals surface area contributed by atoms with Crippen LogP contribution in [0.25, 0.3) is 33.5 Å². The molecule has 3 fully saturated rings. The first-order valence-corrected chi connectivity index (χ1v) is 32.8. The molecule has 2 aromatic heterocycles. The second kappa shape index (κ2) is 28.7. The summed E-state index contributed by atoms with van der Waals surface area (Å²) in [6.45, 7) is 24.4. The fourth-order valence-electron chi connectivity index (χ4n) is 14.6. The van der Waals surface area contributed by atoms with Crippen molar-refractivity contribution in [2.45, 2.75) is 168 Å². The van der Waals surface area contributed by atoms with E-state index in [1.165, 1.54) is 84.5 Å². The van der Waals surface area contributed by atoms with Gasteiger partial charge in [-0.1, -0.05) is 149 Å². The van der Waals surface area contributed by atoms with Crippen molar-refractivity contribution < 1.29 is 19.4 Å². The smallest absolute Gasteiger partial charge is 0.409 e. The van der Waals surface area contributed by atoms with E-state index in [-0.39, 0.29) is 43.0 Å². The van der Waals surface area contributed by atoms with Gasteiger partial charge in [0.1, 0.15) is 6.61 Å². The van der Waals surface area contributed by atoms with E-state index in [1.54, 1.807) is 10.5 Å². The number of fused-ring (bicyclic) bond motifs is 2. The molecule has 9 nitrogen and oxygen atoms in total. The van der Waals surface area contributed by atoms with Crippen LogP contribution < -0.4 is 0 Å². The maximum absolute atomic E-state index is 14.2. The Morgan fingerprint density at radius 1 is 0.907 bits per heavy atom. The molecule has 2 aliphatic carbocycles. The van der Waals surface area contributed by atoms with Crippen molar-refractivity contribution in [3.8, 4) is 28.3 Å². The number of Topliss-reactive ketones (excluding diaryl/α,β-unsaturated/α-hetero) is 1. The average molecular weight is 1150 g/mol. The molecule has 1 saturated heterocycles. The van der Waals surface area contributed by atoms with Crippen molar-refractivity contribution in [3.05, 3.63) is 178 Å². The number of nitriles is 1. The minimum Gasteiger partial charge on any atom is -0.448 e. The number of carbonyl (C=O) groups is 2. The topological polar surface area (TPSA) is 111 Å². The quantitative estimate of drug-likeness (QED) is 0.0445. The number of rotatable bonds is 21. The molecule has 5 heterocycles. The Bertz CT molecular complexity index is 3400. The number of amides is 1. The third-order valence-electron chi connectivity index (χ3n) is 20.1. The Kier molecular flexibility index (Phi) is 20.7. The highest BCUT2D eigenvalue weighted by Gasteiger charge is 2.44. The Labute approximate surface area is 514 Å². The summed E-state index contributed by atoms with van der Waals surface area (Å²) in [6.07, 6.45) is 27.7. The number of likely N-dealkylation sites (tertiary alicyclic amines) is 1. The zero-order valence-corrected chi connectivity index (χ0v) is 52.4. The summed E-state index contributed by atoms with van der Waals surface area (Å²) in [5.41, 5.74) is 19.6. The second-order valence-electron chi connectivity index (χ2n) is 26.5. The van der Waals surface area contributed by atoms with Crippen LogP contribution in [0.1, 0.15) is 176 Å². The molecule has 3 aromatic carbocycles. The van der Waals surface area contributed by atoms with Gasteiger partial charge in [0, 0.05) is 78.0 Å². The molecule has 86 heavy (non-hydrogen) atoms. The third kappa shape index (κ3) is 14.9. The van der Waals surface area contributed by atoms with Crippen LogP contribution in [0.3, 0.4) is 0 Å². The number of aromatic nitrogens is 1. The van der Waals surface area contributed by atoms with Crippen LogP contribution in [0.2, 0.25) is 0 Å². The lowest BCUT2D eigenvalue weighted by Crippen LogP contribution is -2.32. The zero-order chi connectivity index (χ0) is 60.3. The van der Waals surface area contributed by atoms with Gasteiger partial charge < -0.3 is 24.0 Å². The van der Waals surface area contributed by atoms with Crippen molar-refractivity contribution in [1.29, 1.82) is 5.26 Å². The lowest BCUT2D eigenvalue weighted by atomic mass is 9.74. The summed E-state index contributed by atoms with van der Waals surface area (Å²) >= 11 is 0. The summed E-state index contributed by atoms with van der Waals surface area (Å²) in [7, 11) is 0. The highest BCUT2D eigenvalue weighted by molar-refractivity contribution is 5.99. The lowest BCUT2D eigenvalue weighted by molar-refractivity contribution is -0.117. The predicted octanol–water partition coefficient (Wildman–Crippen LogP) is 17.7. The SMILES string of the molecule is C=C(C[C@@H](CCCC)c1ccc(-c2cc3c(CC4CCN(C(=O)OCCC#N)CCC4=C)ccc(C)n3c2)cc1)C(C)CC1CC1C(=O)/C1=C\CCN(C2=CC=NCc3ccc(-c4ccc(C5(CO)CCC/C(=C/C(C)C)CC5)cc4)cc32)CCC1. The van der Waals surface area contributed by atoms with E-state index in [0.717, 1.165) is 121 Å². The Morgan fingerprint density at radius 2 is 1.70 bits per heavy atom. The highest BCUT2D eigenvalue weighted by Crippen LogP contribution is 2.48. The number of carbonyl (C=O) groups excluding carboxylic acids is 2. The molecule has 5 aromatic rings. The molecule has 1 amide bonds. The van der Waals surface area contributed by atoms with E-state index in [9.17, 15) is 14.7 Å². The van der Waals surface area contributed by atoms with Crippen LogP contribution in [0, 0.1) is 47.8 Å². The summed E-state index contributed by atoms with van der Waals surface area (Å²) in [4.78, 5) is 36.0. The van der Waals surface area contributed by atoms with Crippen LogP contribution in [0.15, 0.2) is 150 Å². The minimum atomic E-state index is -0.342. The van der Waals surface area contributed by atoms with E-state index >= 15 is 0 Å². The maximum Gasteiger partial charge on any atom is 0.409 e. The molecule has 9 heteroatoms. The number of aliphatic hydroxyl groups excluding tert-OH is 1. The number of benzene rings is 3. The van der Waals surface area contributed by atoms with E-state index in [0.29, 0.717) is 49.1 Å². The van der Waals surface area contributed by atoms with Crippen LogP contribution in [-0.2, 0) is 27.9 Å². The largest absolute Gasteiger partial charge is 0.448 e. The molecule has 10 rings (SSSR count). The number of hydrogen-bond acceptors (Lipinski definition) is 7. The molecule has 6 atom stereocenters. The summed E-state index contributed by atoms with van der Waals surface area (Å²) in [5.74, 6) is 2.49. The van der Waals surface area contributed by atoms with E-state index in [2.05, 4.69) is 160 Å². The van der Waals surface area contributed by atoms with Gasteiger partial charge in [-0.05, 0) is 202 Å². The molecular formula is C77H95N5O4. The van der Waals surface area contributed by atoms with Gasteiger partial charge in [0.25, 0.3) is 0 Å². The zero-order valence-electron chi connectivity index (χ0n) is 52.4. The van der Waals surface area contributed by atoms with Gasteiger partial charge in [0.05, 0.1) is 25.6 Å². The Balaban J connectivity index is 0.726. The van der Waals surface area contributed by atoms with Crippen LogP contribution in [-0.4, -0.2) is 76.8 Å². The van der Waals surface area contributed by atoms with E-state index in [1.807, 2.05) is 12.3 Å². The van der Waals surface area contributed by atoms with E-state index in [4.69, 9.17) is 21.6 Å². The maximum atomic E-state index is 14.2. The first-order chi connectivity index (χ1) is 41.7. The first kappa shape index (κ1) is 62.0. The summed E-state index contributed by atoms with van der Waals surface area (Å²) < 4.78 is 7.67. The van der Waals surface area contributed by atoms with E-state index < -0.39 is 0 Å². The fraction of sp³-hybridized carbons (Fsp3) is 0.481. The highest BCUT2D eigenvalue weighted by atomic mass is 16.6. The second-order valence-corrected chi connectivity index (χ2v) is 26.5. The normalized spacial score (nSPS) is 22.7. The molecule has 0 radical (unpaired) electrons. The summed E-state index contributed by atoms with van der Waals surface area (Å²) in [6, 6.07) is 34.1. The lowest BCUT2D eigenvalue weighted by Gasteiger charge is -2.31. The molecule has 0 spiro atoms. The van der Waals surface area contributed by atoms with Gasteiger partial charge in [-0.2, -0.15) is 5.26 Å². The number of aliphatic hydroxyl groups is 1. The fourth-order valence-corrected chi connectivity index (χ4v) is 14.6. The number of unbranched alkanes of at least 4 members (excludes halogenated alkanes) is 1. The molecule has 0 bridgehead atoms. The van der Waals surface area contributed by atoms with Crippen molar-refractivity contribution >= 4 is 29.3 Å². The Hall–Kier alpha value is -7.02. The van der Waals surface area contributed by atoms with Gasteiger partial charge in [-0.25, -0.2) is 4.79 Å². The molecule has 3 aliphatic heterocycles. The molecular weight excluding hydrogens is 1060 g/mol. The van der Waals surface area contributed by atoms with Gasteiger partial charge in [0.15, 0.2) is 5.78 Å². The summed E-state index contributed by atoms with van der Waals surface area (Å²) in [5, 5.41) is 19.7. The van der Waals surface area contributed by atoms with Gasteiger partial charge in [-0.15, -0.1) is 0 Å². The van der Waals surface area contributed by atoms with Gasteiger partial charge in [0.2, 0.25) is 0 Å².